The molecule has 0 aromatic heterocycles. The Morgan fingerprint density at radius 2 is 1.70 bits per heavy atom. The number of benzene rings is 2. The Morgan fingerprint density at radius 1 is 1.07 bits per heavy atom. The lowest BCUT2D eigenvalue weighted by Crippen LogP contribution is -3.13. The van der Waals surface area contributed by atoms with Crippen molar-refractivity contribution >= 4 is 27.4 Å². The van der Waals surface area contributed by atoms with Gasteiger partial charge in [-0.1, -0.05) is 0 Å². The molecule has 0 bridgehead atoms. The lowest BCUT2D eigenvalue weighted by atomic mass is 10.1. The van der Waals surface area contributed by atoms with Crippen molar-refractivity contribution in [2.24, 2.45) is 0 Å². The van der Waals surface area contributed by atoms with E-state index >= 15 is 0 Å². The van der Waals surface area contributed by atoms with Crippen molar-refractivity contribution in [3.8, 4) is 11.5 Å². The maximum atomic E-state index is 11.4. The molecule has 0 amide bonds. The van der Waals surface area contributed by atoms with Crippen molar-refractivity contribution in [2.75, 3.05) is 45.3 Å². The van der Waals surface area contributed by atoms with Gasteiger partial charge in [-0.05, 0) is 53.2 Å². The minimum Gasteiger partial charge on any atom is -0.496 e. The second-order valence-corrected chi connectivity index (χ2v) is 7.67. The second kappa shape index (κ2) is 8.76. The molecule has 5 nitrogen and oxygen atoms in total. The van der Waals surface area contributed by atoms with Crippen molar-refractivity contribution in [3.63, 3.8) is 0 Å². The van der Waals surface area contributed by atoms with Crippen molar-refractivity contribution in [2.45, 2.75) is 13.5 Å². The summed E-state index contributed by atoms with van der Waals surface area (Å²) < 4.78 is 11.9. The number of Topliss-reactive ketones (excluding diaryl/α,β-unsaturated/α-hetero) is 1. The summed E-state index contributed by atoms with van der Waals surface area (Å²) in [6.07, 6.45) is 0. The van der Waals surface area contributed by atoms with Crippen molar-refractivity contribution in [3.05, 3.63) is 52.0 Å². The third-order valence-corrected chi connectivity index (χ3v) is 5.72. The third kappa shape index (κ3) is 4.62. The van der Waals surface area contributed by atoms with Gasteiger partial charge in [0.05, 0.1) is 44.9 Å². The van der Waals surface area contributed by atoms with E-state index in [2.05, 4.69) is 26.9 Å². The minimum atomic E-state index is 0.107. The van der Waals surface area contributed by atoms with E-state index in [0.717, 1.165) is 54.3 Å². The molecule has 0 aliphatic carbocycles. The standard InChI is InChI=1S/C21H25BrN2O3/c1-15(25)16-4-6-18(7-5-16)24-10-8-23(9-11-24)14-17-12-19(22)21(27-3)13-20(17)26-2/h4-7,12-13H,8-11,14H2,1-3H3/p+1. The quantitative estimate of drug-likeness (QED) is 0.710. The number of piperazine rings is 1. The molecule has 2 aromatic rings. The van der Waals surface area contributed by atoms with Crippen LogP contribution in [0.1, 0.15) is 22.8 Å². The van der Waals surface area contributed by atoms with E-state index < -0.39 is 0 Å². The van der Waals surface area contributed by atoms with Crippen LogP contribution in [0, 0.1) is 0 Å². The highest BCUT2D eigenvalue weighted by Gasteiger charge is 2.22. The fourth-order valence-corrected chi connectivity index (χ4v) is 4.05. The number of nitrogens with zero attached hydrogens (tertiary/aromatic N) is 1. The van der Waals surface area contributed by atoms with Crippen LogP contribution in [0.4, 0.5) is 5.69 Å². The Balaban J connectivity index is 1.63. The molecule has 0 radical (unpaired) electrons. The summed E-state index contributed by atoms with van der Waals surface area (Å²) in [4.78, 5) is 15.3. The molecule has 1 saturated heterocycles. The molecule has 0 unspecified atom stereocenters. The number of nitrogens with one attached hydrogen (secondary N) is 1. The van der Waals surface area contributed by atoms with Gasteiger partial charge in [-0.15, -0.1) is 0 Å². The predicted octanol–water partition coefficient (Wildman–Crippen LogP) is 2.57. The first-order valence-electron chi connectivity index (χ1n) is 9.11. The predicted molar refractivity (Wildman–Crippen MR) is 110 cm³/mol. The Labute approximate surface area is 169 Å². The number of carbonyl (C=O) groups excluding carboxylic acids is 1. The Kier molecular flexibility index (Phi) is 6.39. The van der Waals surface area contributed by atoms with E-state index in [-0.39, 0.29) is 5.78 Å². The van der Waals surface area contributed by atoms with Crippen LogP contribution in [0.2, 0.25) is 0 Å². The van der Waals surface area contributed by atoms with Crippen LogP contribution < -0.4 is 19.3 Å². The highest BCUT2D eigenvalue weighted by Crippen LogP contribution is 2.32. The third-order valence-electron chi connectivity index (χ3n) is 5.10. The number of methoxy groups -OCH3 is 2. The van der Waals surface area contributed by atoms with Crippen LogP contribution in [0.3, 0.4) is 0 Å². The summed E-state index contributed by atoms with van der Waals surface area (Å²) in [5.41, 5.74) is 3.13. The first-order chi connectivity index (χ1) is 13.0. The molecule has 0 saturated carbocycles. The van der Waals surface area contributed by atoms with Gasteiger partial charge < -0.3 is 19.3 Å². The normalized spacial score (nSPS) is 14.9. The maximum absolute atomic E-state index is 11.4. The molecule has 0 atom stereocenters. The van der Waals surface area contributed by atoms with Crippen molar-refractivity contribution in [1.29, 1.82) is 0 Å². The Bertz CT molecular complexity index is 800. The lowest BCUT2D eigenvalue weighted by Gasteiger charge is -2.34. The van der Waals surface area contributed by atoms with Crippen LogP contribution in [0.5, 0.6) is 11.5 Å². The number of hydrogen-bond acceptors (Lipinski definition) is 4. The van der Waals surface area contributed by atoms with Gasteiger partial charge in [-0.3, -0.25) is 4.79 Å². The first-order valence-corrected chi connectivity index (χ1v) is 9.91. The van der Waals surface area contributed by atoms with Crippen molar-refractivity contribution in [1.82, 2.24) is 0 Å². The van der Waals surface area contributed by atoms with Gasteiger partial charge in [0.25, 0.3) is 0 Å². The lowest BCUT2D eigenvalue weighted by molar-refractivity contribution is -0.914. The van der Waals surface area contributed by atoms with Crippen molar-refractivity contribution < 1.29 is 19.2 Å². The molecule has 1 fully saturated rings. The number of rotatable bonds is 6. The largest absolute Gasteiger partial charge is 0.496 e. The molecule has 1 aliphatic heterocycles. The molecule has 144 valence electrons. The van der Waals surface area contributed by atoms with E-state index in [1.165, 1.54) is 16.2 Å². The van der Waals surface area contributed by atoms with Crippen LogP contribution in [-0.2, 0) is 6.54 Å². The molecule has 27 heavy (non-hydrogen) atoms. The highest BCUT2D eigenvalue weighted by molar-refractivity contribution is 9.10. The number of ether oxygens (including phenoxy) is 2. The molecule has 3 rings (SSSR count). The number of quaternary nitrogens is 1. The monoisotopic (exact) mass is 433 g/mol. The molecular weight excluding hydrogens is 408 g/mol. The van der Waals surface area contributed by atoms with Gasteiger partial charge in [-0.25, -0.2) is 0 Å². The van der Waals surface area contributed by atoms with Crippen LogP contribution in [0.25, 0.3) is 0 Å². The Hall–Kier alpha value is -2.05. The van der Waals surface area contributed by atoms with E-state index in [1.54, 1.807) is 21.1 Å². The van der Waals surface area contributed by atoms with Crippen LogP contribution in [0.15, 0.2) is 40.9 Å². The molecule has 6 heteroatoms. The van der Waals surface area contributed by atoms with Gasteiger partial charge in [0.2, 0.25) is 0 Å². The number of hydrogen-bond donors (Lipinski definition) is 1. The van der Waals surface area contributed by atoms with Gasteiger partial charge in [0.15, 0.2) is 5.78 Å². The summed E-state index contributed by atoms with van der Waals surface area (Å²) in [5.74, 6) is 1.75. The average molecular weight is 434 g/mol. The zero-order chi connectivity index (χ0) is 19.4. The topological polar surface area (TPSA) is 43.2 Å². The van der Waals surface area contributed by atoms with Gasteiger partial charge in [0, 0.05) is 22.9 Å². The van der Waals surface area contributed by atoms with E-state index in [1.807, 2.05) is 30.3 Å². The number of anilines is 1. The maximum Gasteiger partial charge on any atom is 0.159 e. The molecule has 2 aromatic carbocycles. The number of ketones is 1. The average Bonchev–Trinajstić information content (AvgIpc) is 2.69. The van der Waals surface area contributed by atoms with Gasteiger partial charge >= 0.3 is 0 Å². The highest BCUT2D eigenvalue weighted by atomic mass is 79.9. The smallest absolute Gasteiger partial charge is 0.159 e. The summed E-state index contributed by atoms with van der Waals surface area (Å²) in [7, 11) is 3.36. The van der Waals surface area contributed by atoms with Crippen LogP contribution in [-0.4, -0.2) is 46.2 Å². The van der Waals surface area contributed by atoms with Gasteiger partial charge in [0.1, 0.15) is 18.0 Å². The number of carbonyl (C=O) groups is 1. The van der Waals surface area contributed by atoms with E-state index in [9.17, 15) is 4.79 Å². The number of halogens is 1. The van der Waals surface area contributed by atoms with Gasteiger partial charge in [-0.2, -0.15) is 0 Å². The fourth-order valence-electron chi connectivity index (χ4n) is 3.49. The zero-order valence-electron chi connectivity index (χ0n) is 16.0. The SMILES string of the molecule is COc1cc(OC)c(C[NH+]2CCN(c3ccc(C(C)=O)cc3)CC2)cc1Br. The first kappa shape index (κ1) is 19.7. The van der Waals surface area contributed by atoms with Crippen LogP contribution >= 0.6 is 15.9 Å². The second-order valence-electron chi connectivity index (χ2n) is 6.82. The molecular formula is C21H26BrN2O3+. The molecule has 0 spiro atoms. The molecule has 1 aliphatic rings. The Morgan fingerprint density at radius 3 is 2.26 bits per heavy atom. The summed E-state index contributed by atoms with van der Waals surface area (Å²) in [6, 6.07) is 12.0. The summed E-state index contributed by atoms with van der Waals surface area (Å²) in [6.45, 7) is 6.62. The van der Waals surface area contributed by atoms with E-state index in [0.29, 0.717) is 0 Å². The minimum absolute atomic E-state index is 0.107. The summed E-state index contributed by atoms with van der Waals surface area (Å²) in [5, 5.41) is 0. The summed E-state index contributed by atoms with van der Waals surface area (Å²) >= 11 is 3.57. The van der Waals surface area contributed by atoms with E-state index in [4.69, 9.17) is 9.47 Å². The fraction of sp³-hybridized carbons (Fsp3) is 0.381. The molecule has 1 heterocycles. The molecule has 1 N–H and O–H groups in total. The zero-order valence-corrected chi connectivity index (χ0v) is 17.6.